The van der Waals surface area contributed by atoms with Gasteiger partial charge in [0.05, 0.1) is 11.8 Å². The van der Waals surface area contributed by atoms with Crippen LogP contribution in [-0.4, -0.2) is 29.3 Å². The molecule has 32 heavy (non-hydrogen) atoms. The fourth-order valence-corrected chi connectivity index (χ4v) is 6.31. The molecule has 0 N–H and O–H groups in total. The highest BCUT2D eigenvalue weighted by atomic mass is 16.2. The first-order valence-electron chi connectivity index (χ1n) is 11.4. The normalized spacial score (nSPS) is 31.5. The monoisotopic (exact) mass is 426 g/mol. The maximum Gasteiger partial charge on any atom is 0.259 e. The van der Waals surface area contributed by atoms with Crippen molar-refractivity contribution in [3.05, 3.63) is 77.4 Å². The minimum absolute atomic E-state index is 0.0442. The Kier molecular flexibility index (Phi) is 4.19. The van der Waals surface area contributed by atoms with Gasteiger partial charge in [-0.1, -0.05) is 42.5 Å². The number of imide groups is 1. The van der Waals surface area contributed by atoms with E-state index in [0.29, 0.717) is 17.4 Å². The van der Waals surface area contributed by atoms with E-state index in [9.17, 15) is 14.4 Å². The Bertz CT molecular complexity index is 1130. The zero-order valence-corrected chi connectivity index (χ0v) is 18.3. The largest absolute Gasteiger partial charge is 0.289 e. The molecule has 3 amide bonds. The van der Waals surface area contributed by atoms with Crippen LogP contribution in [0, 0.1) is 49.4 Å². The topological polar surface area (TPSA) is 57.7 Å². The molecule has 1 saturated heterocycles. The molecule has 1 aliphatic heterocycles. The number of hydrogen-bond acceptors (Lipinski definition) is 3. The molecule has 2 aromatic carbocycles. The summed E-state index contributed by atoms with van der Waals surface area (Å²) in [5.41, 5.74) is 3.30. The molecule has 2 bridgehead atoms. The maximum atomic E-state index is 13.6. The van der Waals surface area contributed by atoms with E-state index < -0.39 is 0 Å². The van der Waals surface area contributed by atoms with Gasteiger partial charge < -0.3 is 0 Å². The molecule has 162 valence electrons. The second kappa shape index (κ2) is 6.89. The maximum absolute atomic E-state index is 13.6. The molecular weight excluding hydrogens is 400 g/mol. The van der Waals surface area contributed by atoms with Crippen LogP contribution in [0.1, 0.15) is 27.9 Å². The quantitative estimate of drug-likeness (QED) is 0.549. The van der Waals surface area contributed by atoms with Crippen molar-refractivity contribution in [2.75, 3.05) is 11.6 Å². The summed E-state index contributed by atoms with van der Waals surface area (Å²) in [6.45, 7) is 3.93. The lowest BCUT2D eigenvalue weighted by atomic mass is 9.63. The summed E-state index contributed by atoms with van der Waals surface area (Å²) in [7, 11) is 0. The number of aryl methyl sites for hydroxylation is 1. The molecule has 0 aromatic heterocycles. The number of likely N-dealkylation sites (tertiary alicyclic amines) is 1. The van der Waals surface area contributed by atoms with E-state index in [4.69, 9.17) is 0 Å². The van der Waals surface area contributed by atoms with Crippen molar-refractivity contribution in [3.8, 4) is 0 Å². The van der Waals surface area contributed by atoms with Gasteiger partial charge in [0.1, 0.15) is 6.67 Å². The van der Waals surface area contributed by atoms with Crippen molar-refractivity contribution < 1.29 is 14.4 Å². The van der Waals surface area contributed by atoms with Crippen molar-refractivity contribution in [2.45, 2.75) is 20.3 Å². The third-order valence-electron chi connectivity index (χ3n) is 8.17. The molecule has 2 saturated carbocycles. The number of benzene rings is 2. The lowest BCUT2D eigenvalue weighted by molar-refractivity contribution is -0.140. The van der Waals surface area contributed by atoms with Crippen LogP contribution in [0.3, 0.4) is 0 Å². The van der Waals surface area contributed by atoms with Crippen LogP contribution in [0.25, 0.3) is 0 Å². The van der Waals surface area contributed by atoms with E-state index in [-0.39, 0.29) is 48.1 Å². The predicted octanol–water partition coefficient (Wildman–Crippen LogP) is 3.96. The highest BCUT2D eigenvalue weighted by molar-refractivity contribution is 6.10. The number of carbonyl (C=O) groups is 3. The van der Waals surface area contributed by atoms with Crippen molar-refractivity contribution in [1.29, 1.82) is 0 Å². The van der Waals surface area contributed by atoms with Crippen LogP contribution in [-0.2, 0) is 9.59 Å². The lowest BCUT2D eigenvalue weighted by Gasteiger charge is -2.37. The Morgan fingerprint density at radius 2 is 1.53 bits per heavy atom. The smallest absolute Gasteiger partial charge is 0.259 e. The zero-order chi connectivity index (χ0) is 22.1. The fraction of sp³-hybridized carbons (Fsp3) is 0.370. The highest BCUT2D eigenvalue weighted by Gasteiger charge is 2.67. The molecule has 1 heterocycles. The summed E-state index contributed by atoms with van der Waals surface area (Å²) < 4.78 is 0. The minimum atomic E-state index is -0.256. The first kappa shape index (κ1) is 19.5. The summed E-state index contributed by atoms with van der Waals surface area (Å²) in [6.07, 6.45) is 5.48. The first-order chi connectivity index (χ1) is 15.5. The zero-order valence-electron chi connectivity index (χ0n) is 18.3. The van der Waals surface area contributed by atoms with Gasteiger partial charge in [-0.3, -0.25) is 24.2 Å². The number of anilines is 1. The molecule has 0 spiro atoms. The fourth-order valence-electron chi connectivity index (χ4n) is 6.31. The molecule has 7 rings (SSSR count). The molecule has 5 aliphatic rings. The second-order valence-corrected chi connectivity index (χ2v) is 9.72. The van der Waals surface area contributed by atoms with Crippen molar-refractivity contribution in [3.63, 3.8) is 0 Å². The predicted molar refractivity (Wildman–Crippen MR) is 121 cm³/mol. The van der Waals surface area contributed by atoms with E-state index in [0.717, 1.165) is 23.2 Å². The van der Waals surface area contributed by atoms with Gasteiger partial charge in [0.25, 0.3) is 5.91 Å². The van der Waals surface area contributed by atoms with E-state index in [2.05, 4.69) is 12.2 Å². The van der Waals surface area contributed by atoms with Crippen LogP contribution in [0.4, 0.5) is 5.69 Å². The Hall–Kier alpha value is -3.21. The third kappa shape index (κ3) is 2.66. The van der Waals surface area contributed by atoms with E-state index in [1.54, 1.807) is 17.0 Å². The highest BCUT2D eigenvalue weighted by Crippen LogP contribution is 2.65. The molecule has 0 unspecified atom stereocenters. The van der Waals surface area contributed by atoms with Gasteiger partial charge >= 0.3 is 0 Å². The van der Waals surface area contributed by atoms with Crippen molar-refractivity contribution in [1.82, 2.24) is 4.90 Å². The van der Waals surface area contributed by atoms with Gasteiger partial charge in [0.2, 0.25) is 11.8 Å². The summed E-state index contributed by atoms with van der Waals surface area (Å²) in [5, 5.41) is 0. The molecule has 4 aliphatic carbocycles. The Morgan fingerprint density at radius 1 is 0.906 bits per heavy atom. The minimum Gasteiger partial charge on any atom is -0.289 e. The molecule has 6 atom stereocenters. The molecule has 0 radical (unpaired) electrons. The summed E-state index contributed by atoms with van der Waals surface area (Å²) in [6, 6.07) is 14.9. The van der Waals surface area contributed by atoms with Crippen LogP contribution in [0.2, 0.25) is 0 Å². The lowest BCUT2D eigenvalue weighted by Crippen LogP contribution is -2.45. The summed E-state index contributed by atoms with van der Waals surface area (Å²) >= 11 is 0. The third-order valence-corrected chi connectivity index (χ3v) is 8.17. The summed E-state index contributed by atoms with van der Waals surface area (Å²) in [4.78, 5) is 43.6. The van der Waals surface area contributed by atoms with E-state index >= 15 is 0 Å². The van der Waals surface area contributed by atoms with Crippen LogP contribution in [0.15, 0.2) is 60.7 Å². The first-order valence-corrected chi connectivity index (χ1v) is 11.4. The number of allylic oxidation sites excluding steroid dienone is 2. The van der Waals surface area contributed by atoms with Crippen molar-refractivity contribution >= 4 is 23.4 Å². The standard InChI is InChI=1S/C27H26N2O3/c1-15-7-6-10-22(16(15)2)28(25(30)17-8-4-3-5-9-17)14-29-26(31)23-18-11-12-19(21-13-20(18)21)24(23)27(29)32/h3-12,18-21,23-24H,13-14H2,1-2H3/t18-,19-,20-,21-,23+,24+/m0/s1. The number of hydrogen-bond donors (Lipinski definition) is 0. The number of amides is 3. The molecule has 3 fully saturated rings. The number of rotatable bonds is 4. The van der Waals surface area contributed by atoms with E-state index in [1.807, 2.05) is 50.2 Å². The average molecular weight is 427 g/mol. The number of carbonyl (C=O) groups excluding carboxylic acids is 3. The van der Waals surface area contributed by atoms with Gasteiger partial charge in [0, 0.05) is 11.3 Å². The average Bonchev–Trinajstić information content (AvgIpc) is 3.60. The van der Waals surface area contributed by atoms with E-state index in [1.165, 1.54) is 4.90 Å². The molecule has 5 heteroatoms. The Morgan fingerprint density at radius 3 is 2.16 bits per heavy atom. The van der Waals surface area contributed by atoms with Gasteiger partial charge in [0.15, 0.2) is 0 Å². The van der Waals surface area contributed by atoms with Gasteiger partial charge in [-0.2, -0.15) is 0 Å². The van der Waals surface area contributed by atoms with Gasteiger partial charge in [-0.05, 0) is 73.3 Å². The SMILES string of the molecule is Cc1cccc(N(CN2C(=O)[C@@H]3[C@H]4C=C[C@@H]([C@@H]5C[C@@H]45)[C@H]3C2=O)C(=O)c2ccccc2)c1C. The van der Waals surface area contributed by atoms with Crippen LogP contribution < -0.4 is 4.90 Å². The van der Waals surface area contributed by atoms with Gasteiger partial charge in [-0.25, -0.2) is 0 Å². The molecular formula is C27H26N2O3. The second-order valence-electron chi connectivity index (χ2n) is 9.72. The summed E-state index contributed by atoms with van der Waals surface area (Å²) in [5.74, 6) is 0.529. The molecule has 5 nitrogen and oxygen atoms in total. The van der Waals surface area contributed by atoms with Crippen molar-refractivity contribution in [2.24, 2.45) is 35.5 Å². The Balaban J connectivity index is 1.37. The number of nitrogens with zero attached hydrogens (tertiary/aromatic N) is 2. The van der Waals surface area contributed by atoms with Crippen LogP contribution >= 0.6 is 0 Å². The van der Waals surface area contributed by atoms with Crippen LogP contribution in [0.5, 0.6) is 0 Å². The van der Waals surface area contributed by atoms with Gasteiger partial charge in [-0.15, -0.1) is 0 Å². The molecule has 2 aromatic rings. The Labute approximate surface area is 187 Å².